The Labute approximate surface area is 248 Å². The Kier molecular flexibility index (Phi) is 13.4. The number of hydrogen-bond donors (Lipinski definition) is 9. The fraction of sp³-hybridized carbons (Fsp3) is 0.357. The maximum absolute atomic E-state index is 13.4. The van der Waals surface area contributed by atoms with E-state index in [1.165, 1.54) is 24.3 Å². The maximum Gasteiger partial charge on any atom is 0.326 e. The number of aromatic hydroxyl groups is 1. The van der Waals surface area contributed by atoms with Crippen molar-refractivity contribution < 1.29 is 34.2 Å². The van der Waals surface area contributed by atoms with Crippen molar-refractivity contribution in [2.24, 2.45) is 27.9 Å². The number of rotatable bonds is 17. The van der Waals surface area contributed by atoms with Crippen LogP contribution in [-0.4, -0.2) is 76.5 Å². The van der Waals surface area contributed by atoms with Crippen molar-refractivity contribution in [2.45, 2.75) is 56.3 Å². The molecule has 43 heavy (non-hydrogen) atoms. The number of nitrogens with zero attached hydrogens (tertiary/aromatic N) is 1. The second-order valence-corrected chi connectivity index (χ2v) is 9.81. The first-order chi connectivity index (χ1) is 20.3. The van der Waals surface area contributed by atoms with Crippen LogP contribution in [0, 0.1) is 0 Å². The van der Waals surface area contributed by atoms with E-state index in [9.17, 15) is 34.2 Å². The highest BCUT2D eigenvalue weighted by atomic mass is 16.4. The zero-order valence-corrected chi connectivity index (χ0v) is 23.4. The topological polar surface area (TPSA) is 278 Å². The van der Waals surface area contributed by atoms with Crippen molar-refractivity contribution >= 4 is 35.6 Å². The highest BCUT2D eigenvalue weighted by Crippen LogP contribution is 2.12. The summed E-state index contributed by atoms with van der Waals surface area (Å²) < 4.78 is 0. The van der Waals surface area contributed by atoms with Crippen molar-refractivity contribution in [1.29, 1.82) is 0 Å². The molecule has 15 nitrogen and oxygen atoms in total. The molecule has 2 aromatic carbocycles. The molecule has 13 N–H and O–H groups in total. The summed E-state index contributed by atoms with van der Waals surface area (Å²) in [5, 5.41) is 26.4. The van der Waals surface area contributed by atoms with Crippen LogP contribution < -0.4 is 38.9 Å². The number of phenolic OH excluding ortho intramolecular Hbond substituents is 1. The molecule has 0 saturated carbocycles. The summed E-state index contributed by atoms with van der Waals surface area (Å²) in [5.41, 5.74) is 23.1. The molecule has 0 aliphatic rings. The van der Waals surface area contributed by atoms with Gasteiger partial charge in [-0.2, -0.15) is 0 Å². The van der Waals surface area contributed by atoms with Gasteiger partial charge in [0.25, 0.3) is 0 Å². The number of hydrogen-bond acceptors (Lipinski definition) is 8. The molecule has 2 aromatic rings. The van der Waals surface area contributed by atoms with Gasteiger partial charge in [-0.15, -0.1) is 0 Å². The maximum atomic E-state index is 13.4. The van der Waals surface area contributed by atoms with Crippen LogP contribution in [0.25, 0.3) is 0 Å². The predicted octanol–water partition coefficient (Wildman–Crippen LogP) is -2.03. The van der Waals surface area contributed by atoms with Crippen LogP contribution in [0.5, 0.6) is 5.75 Å². The lowest BCUT2D eigenvalue weighted by Gasteiger charge is -2.25. The number of benzene rings is 2. The molecular formula is C28H38N8O7. The van der Waals surface area contributed by atoms with Gasteiger partial charge in [0.05, 0.1) is 12.5 Å². The quantitative estimate of drug-likeness (QED) is 0.0547. The summed E-state index contributed by atoms with van der Waals surface area (Å²) in [7, 11) is 0. The molecule has 0 saturated heterocycles. The predicted molar refractivity (Wildman–Crippen MR) is 157 cm³/mol. The zero-order chi connectivity index (χ0) is 31.9. The number of nitrogens with one attached hydrogen (secondary N) is 3. The van der Waals surface area contributed by atoms with E-state index < -0.39 is 60.2 Å². The Balaban J connectivity index is 2.19. The molecule has 4 amide bonds. The fourth-order valence-electron chi connectivity index (χ4n) is 4.01. The summed E-state index contributed by atoms with van der Waals surface area (Å²) in [6.07, 6.45) is -0.154. The average Bonchev–Trinajstić information content (AvgIpc) is 2.95. The molecule has 232 valence electrons. The first-order valence-electron chi connectivity index (χ1n) is 13.4. The van der Waals surface area contributed by atoms with Gasteiger partial charge in [0, 0.05) is 19.4 Å². The molecule has 0 aliphatic heterocycles. The summed E-state index contributed by atoms with van der Waals surface area (Å²) in [6.45, 7) is 0.255. The number of nitrogens with two attached hydrogens (primary N) is 4. The third-order valence-electron chi connectivity index (χ3n) is 6.25. The number of aliphatic imine (C=N–C) groups is 1. The SMILES string of the molecule is NC(=O)CC(NC(=O)C(Cc1ccccc1)NC(=O)C(N)CCCN=C(N)N)C(=O)NC(Cc1ccc(O)cc1)C(=O)O. The van der Waals surface area contributed by atoms with E-state index in [1.807, 2.05) is 0 Å². The second kappa shape index (κ2) is 16.9. The van der Waals surface area contributed by atoms with Crippen LogP contribution in [0.1, 0.15) is 30.4 Å². The van der Waals surface area contributed by atoms with Crippen LogP contribution in [0.3, 0.4) is 0 Å². The van der Waals surface area contributed by atoms with E-state index in [4.69, 9.17) is 22.9 Å². The van der Waals surface area contributed by atoms with E-state index in [0.717, 1.165) is 0 Å². The van der Waals surface area contributed by atoms with Gasteiger partial charge >= 0.3 is 5.97 Å². The van der Waals surface area contributed by atoms with E-state index >= 15 is 0 Å². The number of carbonyl (C=O) groups is 5. The fourth-order valence-corrected chi connectivity index (χ4v) is 4.01. The molecule has 15 heteroatoms. The Morgan fingerprint density at radius 1 is 0.744 bits per heavy atom. The molecule has 0 aliphatic carbocycles. The first kappa shape index (κ1) is 34.0. The van der Waals surface area contributed by atoms with Gasteiger partial charge in [0.15, 0.2) is 5.96 Å². The number of primary amides is 1. The summed E-state index contributed by atoms with van der Waals surface area (Å²) >= 11 is 0. The Morgan fingerprint density at radius 2 is 1.28 bits per heavy atom. The highest BCUT2D eigenvalue weighted by Gasteiger charge is 2.31. The minimum absolute atomic E-state index is 0.0165. The van der Waals surface area contributed by atoms with Crippen molar-refractivity contribution in [3.8, 4) is 5.75 Å². The van der Waals surface area contributed by atoms with Crippen molar-refractivity contribution in [2.75, 3.05) is 6.54 Å². The van der Waals surface area contributed by atoms with E-state index in [1.54, 1.807) is 30.3 Å². The molecule has 0 heterocycles. The standard InChI is InChI=1S/C28H38N8O7/c29-19(7-4-12-33-28(31)32)24(39)34-20(13-16-5-2-1-3-6-16)25(40)35-21(15-23(30)38)26(41)36-22(27(42)43)14-17-8-10-18(37)11-9-17/h1-3,5-6,8-11,19-22,37H,4,7,12-15,29H2,(H2,30,38)(H,34,39)(H,35,40)(H,36,41)(H,42,43)(H4,31,32,33). The van der Waals surface area contributed by atoms with Crippen LogP contribution in [-0.2, 0) is 36.8 Å². The van der Waals surface area contributed by atoms with Gasteiger partial charge < -0.3 is 49.1 Å². The molecule has 0 spiro atoms. The number of phenols is 1. The Morgan fingerprint density at radius 3 is 1.86 bits per heavy atom. The van der Waals surface area contributed by atoms with Crippen LogP contribution in [0.2, 0.25) is 0 Å². The van der Waals surface area contributed by atoms with E-state index in [-0.39, 0.29) is 37.5 Å². The minimum Gasteiger partial charge on any atom is -0.508 e. The van der Waals surface area contributed by atoms with Gasteiger partial charge in [-0.1, -0.05) is 42.5 Å². The lowest BCUT2D eigenvalue weighted by molar-refractivity contribution is -0.142. The molecule has 0 aromatic heterocycles. The number of carboxylic acids is 1. The van der Waals surface area contributed by atoms with Gasteiger partial charge in [-0.25, -0.2) is 4.79 Å². The third kappa shape index (κ3) is 12.5. The molecule has 2 rings (SSSR count). The normalized spacial score (nSPS) is 13.4. The molecular weight excluding hydrogens is 560 g/mol. The zero-order valence-electron chi connectivity index (χ0n) is 23.4. The van der Waals surface area contributed by atoms with Gasteiger partial charge in [0.1, 0.15) is 23.9 Å². The minimum atomic E-state index is -1.55. The van der Waals surface area contributed by atoms with Gasteiger partial charge in [0.2, 0.25) is 23.6 Å². The van der Waals surface area contributed by atoms with E-state index in [0.29, 0.717) is 17.5 Å². The Bertz CT molecular complexity index is 1280. The van der Waals surface area contributed by atoms with Gasteiger partial charge in [-0.3, -0.25) is 24.2 Å². The first-order valence-corrected chi connectivity index (χ1v) is 13.4. The smallest absolute Gasteiger partial charge is 0.326 e. The molecule has 0 radical (unpaired) electrons. The third-order valence-corrected chi connectivity index (χ3v) is 6.25. The highest BCUT2D eigenvalue weighted by molar-refractivity contribution is 5.96. The molecule has 4 unspecified atom stereocenters. The van der Waals surface area contributed by atoms with Crippen LogP contribution >= 0.6 is 0 Å². The monoisotopic (exact) mass is 598 g/mol. The molecule has 0 fully saturated rings. The largest absolute Gasteiger partial charge is 0.508 e. The number of amides is 4. The Hall–Kier alpha value is -5.18. The molecule has 0 bridgehead atoms. The number of aliphatic carboxylic acids is 1. The number of guanidine groups is 1. The van der Waals surface area contributed by atoms with Crippen molar-refractivity contribution in [3.63, 3.8) is 0 Å². The van der Waals surface area contributed by atoms with Gasteiger partial charge in [-0.05, 0) is 36.1 Å². The average molecular weight is 599 g/mol. The second-order valence-electron chi connectivity index (χ2n) is 9.81. The summed E-state index contributed by atoms with van der Waals surface area (Å²) in [5.74, 6) is -4.85. The van der Waals surface area contributed by atoms with Crippen molar-refractivity contribution in [3.05, 3.63) is 65.7 Å². The van der Waals surface area contributed by atoms with Crippen molar-refractivity contribution in [1.82, 2.24) is 16.0 Å². The molecule has 4 atom stereocenters. The summed E-state index contributed by atoms with van der Waals surface area (Å²) in [6, 6.07) is 9.24. The lowest BCUT2D eigenvalue weighted by Crippen LogP contribution is -2.58. The van der Waals surface area contributed by atoms with Crippen LogP contribution in [0.15, 0.2) is 59.6 Å². The number of carboxylic acid groups (broad SMARTS) is 1. The summed E-state index contributed by atoms with van der Waals surface area (Å²) in [4.78, 5) is 66.8. The number of carbonyl (C=O) groups excluding carboxylic acids is 4. The van der Waals surface area contributed by atoms with Crippen LogP contribution in [0.4, 0.5) is 0 Å². The van der Waals surface area contributed by atoms with E-state index in [2.05, 4.69) is 20.9 Å². The lowest BCUT2D eigenvalue weighted by atomic mass is 10.0.